The number of rotatable bonds is 3. The highest BCUT2D eigenvalue weighted by Gasteiger charge is 2.19. The summed E-state index contributed by atoms with van der Waals surface area (Å²) in [5, 5.41) is 7.31. The predicted molar refractivity (Wildman–Crippen MR) is 69.8 cm³/mol. The van der Waals surface area contributed by atoms with Crippen LogP contribution in [0, 0.1) is 0 Å². The van der Waals surface area contributed by atoms with Crippen LogP contribution >= 0.6 is 0 Å². The fourth-order valence-corrected chi connectivity index (χ4v) is 1.49. The van der Waals surface area contributed by atoms with Gasteiger partial charge in [0.25, 0.3) is 0 Å². The Balaban J connectivity index is 2.50. The van der Waals surface area contributed by atoms with Crippen molar-refractivity contribution in [2.24, 2.45) is 0 Å². The Morgan fingerprint density at radius 2 is 2.06 bits per heavy atom. The minimum atomic E-state index is -0.110. The number of nitrogens with one attached hydrogen (secondary N) is 1. The van der Waals surface area contributed by atoms with Crippen LogP contribution in [0.15, 0.2) is 18.7 Å². The molecule has 96 valence electrons. The van der Waals surface area contributed by atoms with Gasteiger partial charge in [-0.1, -0.05) is 20.8 Å². The quantitative estimate of drug-likeness (QED) is 0.894. The Labute approximate surface area is 106 Å². The molecule has 0 aliphatic carbocycles. The average molecular weight is 246 g/mol. The van der Waals surface area contributed by atoms with E-state index < -0.39 is 0 Å². The van der Waals surface area contributed by atoms with Crippen LogP contribution in [0.2, 0.25) is 0 Å². The summed E-state index contributed by atoms with van der Waals surface area (Å²) in [6.07, 6.45) is 3.12. The molecule has 0 amide bonds. The number of aromatic nitrogens is 5. The van der Waals surface area contributed by atoms with Gasteiger partial charge in [0.2, 0.25) is 0 Å². The largest absolute Gasteiger partial charge is 0.370 e. The van der Waals surface area contributed by atoms with E-state index in [1.807, 2.05) is 13.0 Å². The molecule has 2 aromatic heterocycles. The lowest BCUT2D eigenvalue weighted by molar-refractivity contribution is 0.542. The van der Waals surface area contributed by atoms with E-state index in [4.69, 9.17) is 0 Å². The normalized spacial score (nSPS) is 11.6. The van der Waals surface area contributed by atoms with E-state index in [1.165, 1.54) is 6.33 Å². The van der Waals surface area contributed by atoms with E-state index in [-0.39, 0.29) is 5.41 Å². The molecule has 0 aliphatic heterocycles. The zero-order valence-corrected chi connectivity index (χ0v) is 11.2. The molecule has 2 aromatic rings. The van der Waals surface area contributed by atoms with Crippen LogP contribution in [-0.2, 0) is 5.41 Å². The Morgan fingerprint density at radius 3 is 2.61 bits per heavy atom. The van der Waals surface area contributed by atoms with Gasteiger partial charge >= 0.3 is 0 Å². The third-order valence-corrected chi connectivity index (χ3v) is 2.39. The molecule has 2 rings (SSSR count). The van der Waals surface area contributed by atoms with E-state index in [2.05, 4.69) is 46.1 Å². The van der Waals surface area contributed by atoms with Gasteiger partial charge in [-0.25, -0.2) is 19.6 Å². The molecule has 2 heterocycles. The lowest BCUT2D eigenvalue weighted by Crippen LogP contribution is -2.19. The molecule has 1 N–H and O–H groups in total. The van der Waals surface area contributed by atoms with Crippen LogP contribution in [0.5, 0.6) is 0 Å². The molecular formula is C12H18N6. The highest BCUT2D eigenvalue weighted by Crippen LogP contribution is 2.21. The Kier molecular flexibility index (Phi) is 3.27. The van der Waals surface area contributed by atoms with Crippen molar-refractivity contribution >= 4 is 5.82 Å². The van der Waals surface area contributed by atoms with Crippen LogP contribution in [0.25, 0.3) is 5.82 Å². The third kappa shape index (κ3) is 2.64. The maximum absolute atomic E-state index is 4.54. The fourth-order valence-electron chi connectivity index (χ4n) is 1.49. The van der Waals surface area contributed by atoms with Crippen molar-refractivity contribution in [3.8, 4) is 5.82 Å². The zero-order valence-electron chi connectivity index (χ0n) is 11.2. The molecule has 0 saturated carbocycles. The lowest BCUT2D eigenvalue weighted by atomic mass is 9.96. The highest BCUT2D eigenvalue weighted by molar-refractivity contribution is 5.41. The smallest absolute Gasteiger partial charge is 0.161 e. The monoisotopic (exact) mass is 246 g/mol. The topological polar surface area (TPSA) is 68.5 Å². The second-order valence-electron chi connectivity index (χ2n) is 5.06. The highest BCUT2D eigenvalue weighted by atomic mass is 15.3. The first kappa shape index (κ1) is 12.5. The van der Waals surface area contributed by atoms with Crippen molar-refractivity contribution in [2.75, 3.05) is 11.9 Å². The fraction of sp³-hybridized carbons (Fsp3) is 0.500. The molecule has 0 fully saturated rings. The maximum Gasteiger partial charge on any atom is 0.161 e. The van der Waals surface area contributed by atoms with Crippen LogP contribution in [0.1, 0.15) is 33.5 Å². The molecule has 18 heavy (non-hydrogen) atoms. The molecule has 0 spiro atoms. The molecule has 0 atom stereocenters. The summed E-state index contributed by atoms with van der Waals surface area (Å²) in [6.45, 7) is 9.11. The van der Waals surface area contributed by atoms with E-state index in [0.717, 1.165) is 24.0 Å². The number of hydrogen-bond acceptors (Lipinski definition) is 5. The first-order valence-electron chi connectivity index (χ1n) is 5.99. The molecule has 6 heteroatoms. The van der Waals surface area contributed by atoms with Crippen molar-refractivity contribution in [1.29, 1.82) is 0 Å². The van der Waals surface area contributed by atoms with Crippen LogP contribution in [-0.4, -0.2) is 31.3 Å². The Morgan fingerprint density at radius 1 is 1.28 bits per heavy atom. The Hall–Kier alpha value is -1.98. The van der Waals surface area contributed by atoms with Crippen molar-refractivity contribution in [3.05, 3.63) is 24.5 Å². The summed E-state index contributed by atoms with van der Waals surface area (Å²) in [4.78, 5) is 13.0. The van der Waals surface area contributed by atoms with Gasteiger partial charge in [0.1, 0.15) is 24.3 Å². The van der Waals surface area contributed by atoms with Gasteiger partial charge in [0.15, 0.2) is 5.82 Å². The summed E-state index contributed by atoms with van der Waals surface area (Å²) in [5.74, 6) is 2.32. The second kappa shape index (κ2) is 4.72. The second-order valence-corrected chi connectivity index (χ2v) is 5.06. The lowest BCUT2D eigenvalue weighted by Gasteiger charge is -2.18. The van der Waals surface area contributed by atoms with Crippen molar-refractivity contribution in [1.82, 2.24) is 24.7 Å². The molecule has 6 nitrogen and oxygen atoms in total. The molecule has 0 saturated heterocycles. The molecule has 0 bridgehead atoms. The average Bonchev–Trinajstić information content (AvgIpc) is 2.81. The summed E-state index contributed by atoms with van der Waals surface area (Å²) < 4.78 is 1.64. The summed E-state index contributed by atoms with van der Waals surface area (Å²) in [6, 6.07) is 1.87. The van der Waals surface area contributed by atoms with Crippen LogP contribution in [0.4, 0.5) is 5.82 Å². The minimum Gasteiger partial charge on any atom is -0.370 e. The third-order valence-electron chi connectivity index (χ3n) is 2.39. The number of nitrogens with zero attached hydrogens (tertiary/aromatic N) is 5. The Bertz CT molecular complexity index is 512. The first-order valence-corrected chi connectivity index (χ1v) is 5.99. The first-order chi connectivity index (χ1) is 8.50. The van der Waals surface area contributed by atoms with Crippen molar-refractivity contribution < 1.29 is 0 Å². The number of anilines is 1. The van der Waals surface area contributed by atoms with Gasteiger partial charge < -0.3 is 5.32 Å². The van der Waals surface area contributed by atoms with E-state index in [9.17, 15) is 0 Å². The van der Waals surface area contributed by atoms with Gasteiger partial charge in [0, 0.05) is 18.0 Å². The molecule has 0 aromatic carbocycles. The van der Waals surface area contributed by atoms with Gasteiger partial charge in [-0.15, -0.1) is 0 Å². The molecule has 0 aliphatic rings. The summed E-state index contributed by atoms with van der Waals surface area (Å²) in [5.41, 5.74) is -0.110. The van der Waals surface area contributed by atoms with Crippen molar-refractivity contribution in [2.45, 2.75) is 33.1 Å². The predicted octanol–water partition coefficient (Wildman–Crippen LogP) is 1.79. The minimum absolute atomic E-state index is 0.110. The van der Waals surface area contributed by atoms with Gasteiger partial charge in [0.05, 0.1) is 0 Å². The van der Waals surface area contributed by atoms with E-state index >= 15 is 0 Å². The van der Waals surface area contributed by atoms with Gasteiger partial charge in [-0.2, -0.15) is 5.10 Å². The molecule has 0 unspecified atom stereocenters. The summed E-state index contributed by atoms with van der Waals surface area (Å²) in [7, 11) is 0. The van der Waals surface area contributed by atoms with Gasteiger partial charge in [-0.05, 0) is 6.92 Å². The van der Waals surface area contributed by atoms with E-state index in [0.29, 0.717) is 0 Å². The number of hydrogen-bond donors (Lipinski definition) is 1. The van der Waals surface area contributed by atoms with E-state index in [1.54, 1.807) is 11.0 Å². The van der Waals surface area contributed by atoms with Crippen molar-refractivity contribution in [3.63, 3.8) is 0 Å². The van der Waals surface area contributed by atoms with Crippen LogP contribution < -0.4 is 5.32 Å². The maximum atomic E-state index is 4.54. The standard InChI is InChI=1S/C12H18N6/c1-5-14-9-6-10(18-8-13-7-15-18)17-11(16-9)12(2,3)4/h6-8H,5H2,1-4H3,(H,14,16,17). The summed E-state index contributed by atoms with van der Waals surface area (Å²) >= 11 is 0. The zero-order chi connectivity index (χ0) is 13.2. The molecule has 0 radical (unpaired) electrons. The SMILES string of the molecule is CCNc1cc(-n2cncn2)nc(C(C)(C)C)n1. The van der Waals surface area contributed by atoms with Gasteiger partial charge in [-0.3, -0.25) is 0 Å². The molecular weight excluding hydrogens is 228 g/mol. The van der Waals surface area contributed by atoms with Crippen LogP contribution in [0.3, 0.4) is 0 Å².